The standard InChI is InChI=1S/C24H23N5O6/c1-31-17-8-6-16(10-20(17)33-3)27-24-22(28-23-15(11-25)12-26-29(23)24)14-5-7-18(19(9-14)32-2)35-13-21(30)34-4/h5-10,12,26-27H,13H2,1-4H3. The molecule has 4 aromatic rings. The second-order valence-corrected chi connectivity index (χ2v) is 7.19. The number of aromatic amines is 1. The summed E-state index contributed by atoms with van der Waals surface area (Å²) in [5.74, 6) is 2.00. The Hall–Kier alpha value is -4.85. The predicted octanol–water partition coefficient (Wildman–Crippen LogP) is 3.52. The molecule has 0 spiro atoms. The Kier molecular flexibility index (Phi) is 6.64. The number of rotatable bonds is 9. The van der Waals surface area contributed by atoms with Gasteiger partial charge in [-0.25, -0.2) is 14.3 Å². The lowest BCUT2D eigenvalue weighted by atomic mass is 10.1. The first-order valence-electron chi connectivity index (χ1n) is 10.4. The summed E-state index contributed by atoms with van der Waals surface area (Å²) < 4.78 is 28.0. The summed E-state index contributed by atoms with van der Waals surface area (Å²) >= 11 is 0. The monoisotopic (exact) mass is 477 g/mol. The van der Waals surface area contributed by atoms with E-state index >= 15 is 0 Å². The Labute approximate surface area is 200 Å². The molecule has 2 aromatic heterocycles. The maximum absolute atomic E-state index is 11.5. The number of H-pyrrole nitrogens is 1. The van der Waals surface area contributed by atoms with Crippen molar-refractivity contribution in [1.82, 2.24) is 14.6 Å². The highest BCUT2D eigenvalue weighted by Gasteiger charge is 2.20. The van der Waals surface area contributed by atoms with Gasteiger partial charge in [0.1, 0.15) is 17.3 Å². The van der Waals surface area contributed by atoms with Crippen molar-refractivity contribution in [3.8, 4) is 40.3 Å². The Bertz CT molecular complexity index is 1420. The van der Waals surface area contributed by atoms with Gasteiger partial charge < -0.3 is 29.0 Å². The van der Waals surface area contributed by atoms with Gasteiger partial charge in [0, 0.05) is 23.5 Å². The van der Waals surface area contributed by atoms with E-state index in [-0.39, 0.29) is 6.61 Å². The van der Waals surface area contributed by atoms with Gasteiger partial charge in [-0.05, 0) is 30.3 Å². The highest BCUT2D eigenvalue weighted by atomic mass is 16.6. The molecule has 11 heteroatoms. The zero-order chi connectivity index (χ0) is 24.9. The molecule has 0 saturated carbocycles. The molecule has 11 nitrogen and oxygen atoms in total. The molecular weight excluding hydrogens is 454 g/mol. The molecule has 35 heavy (non-hydrogen) atoms. The van der Waals surface area contributed by atoms with Gasteiger partial charge in [0.05, 0.1) is 28.4 Å². The molecule has 180 valence electrons. The van der Waals surface area contributed by atoms with Crippen molar-refractivity contribution in [2.75, 3.05) is 40.4 Å². The van der Waals surface area contributed by atoms with Crippen molar-refractivity contribution in [3.05, 3.63) is 48.2 Å². The Morgan fingerprint density at radius 1 is 1.03 bits per heavy atom. The van der Waals surface area contributed by atoms with Crippen LogP contribution in [0.5, 0.6) is 23.0 Å². The zero-order valence-corrected chi connectivity index (χ0v) is 19.5. The number of hydrogen-bond donors (Lipinski definition) is 2. The maximum Gasteiger partial charge on any atom is 0.343 e. The van der Waals surface area contributed by atoms with E-state index in [1.165, 1.54) is 14.2 Å². The molecule has 0 bridgehead atoms. The van der Waals surface area contributed by atoms with E-state index in [4.69, 9.17) is 23.9 Å². The average molecular weight is 477 g/mol. The second-order valence-electron chi connectivity index (χ2n) is 7.19. The van der Waals surface area contributed by atoms with Crippen molar-refractivity contribution in [2.24, 2.45) is 0 Å². The number of methoxy groups -OCH3 is 4. The quantitative estimate of drug-likeness (QED) is 0.347. The first-order valence-corrected chi connectivity index (χ1v) is 10.4. The lowest BCUT2D eigenvalue weighted by Crippen LogP contribution is -2.12. The van der Waals surface area contributed by atoms with Crippen LogP contribution >= 0.6 is 0 Å². The summed E-state index contributed by atoms with van der Waals surface area (Å²) in [5.41, 5.74) is 2.80. The number of nitriles is 1. The number of benzene rings is 2. The highest BCUT2D eigenvalue weighted by Crippen LogP contribution is 2.38. The van der Waals surface area contributed by atoms with Crippen LogP contribution in [0.1, 0.15) is 5.56 Å². The number of ether oxygens (including phenoxy) is 5. The van der Waals surface area contributed by atoms with Crippen LogP contribution in [0.2, 0.25) is 0 Å². The molecule has 2 N–H and O–H groups in total. The largest absolute Gasteiger partial charge is 0.493 e. The van der Waals surface area contributed by atoms with E-state index in [1.807, 2.05) is 6.07 Å². The number of carbonyl (C=O) groups excluding carboxylic acids is 1. The van der Waals surface area contributed by atoms with Crippen LogP contribution in [0.15, 0.2) is 42.6 Å². The highest BCUT2D eigenvalue weighted by molar-refractivity contribution is 5.82. The lowest BCUT2D eigenvalue weighted by molar-refractivity contribution is -0.142. The van der Waals surface area contributed by atoms with Crippen LogP contribution in [-0.2, 0) is 9.53 Å². The first-order chi connectivity index (χ1) is 17.0. The number of anilines is 2. The molecule has 2 aromatic carbocycles. The van der Waals surface area contributed by atoms with Gasteiger partial charge in [-0.2, -0.15) is 5.26 Å². The number of fused-ring (bicyclic) bond motifs is 1. The van der Waals surface area contributed by atoms with Gasteiger partial charge in [-0.3, -0.25) is 5.10 Å². The van der Waals surface area contributed by atoms with Crippen LogP contribution in [0.4, 0.5) is 11.5 Å². The molecular formula is C24H23N5O6. The molecule has 0 atom stereocenters. The van der Waals surface area contributed by atoms with E-state index in [2.05, 4.69) is 21.2 Å². The molecule has 4 rings (SSSR count). The molecule has 0 aliphatic carbocycles. The average Bonchev–Trinajstić information content (AvgIpc) is 3.46. The third kappa shape index (κ3) is 4.49. The van der Waals surface area contributed by atoms with E-state index in [1.54, 1.807) is 55.3 Å². The Morgan fingerprint density at radius 3 is 2.43 bits per heavy atom. The van der Waals surface area contributed by atoms with E-state index < -0.39 is 5.97 Å². The number of aromatic nitrogens is 3. The van der Waals surface area contributed by atoms with Crippen LogP contribution in [0, 0.1) is 11.3 Å². The minimum Gasteiger partial charge on any atom is -0.493 e. The van der Waals surface area contributed by atoms with Gasteiger partial charge in [-0.15, -0.1) is 0 Å². The topological polar surface area (TPSA) is 132 Å². The zero-order valence-electron chi connectivity index (χ0n) is 19.5. The number of imidazole rings is 1. The molecule has 0 aliphatic rings. The molecule has 0 radical (unpaired) electrons. The molecule has 0 fully saturated rings. The van der Waals surface area contributed by atoms with Crippen molar-refractivity contribution in [1.29, 1.82) is 5.26 Å². The van der Waals surface area contributed by atoms with Crippen LogP contribution in [-0.4, -0.2) is 55.6 Å². The fourth-order valence-corrected chi connectivity index (χ4v) is 3.50. The molecule has 0 saturated heterocycles. The Morgan fingerprint density at radius 2 is 1.74 bits per heavy atom. The van der Waals surface area contributed by atoms with Gasteiger partial charge in [0.25, 0.3) is 0 Å². The minimum atomic E-state index is -0.509. The third-order valence-corrected chi connectivity index (χ3v) is 5.23. The molecule has 2 heterocycles. The lowest BCUT2D eigenvalue weighted by Gasteiger charge is -2.13. The van der Waals surface area contributed by atoms with Gasteiger partial charge in [0.15, 0.2) is 41.1 Å². The normalized spacial score (nSPS) is 10.5. The SMILES string of the molecule is COC(=O)COc1ccc(-c2nc3c(C#N)c[nH]n3c2Nc2ccc(OC)c(OC)c2)cc1OC. The molecule has 0 amide bonds. The van der Waals surface area contributed by atoms with Gasteiger partial charge >= 0.3 is 5.97 Å². The summed E-state index contributed by atoms with van der Waals surface area (Å²) in [6.07, 6.45) is 1.58. The number of hydrogen-bond acceptors (Lipinski definition) is 9. The second kappa shape index (κ2) is 9.96. The van der Waals surface area contributed by atoms with Crippen LogP contribution in [0.3, 0.4) is 0 Å². The predicted molar refractivity (Wildman–Crippen MR) is 127 cm³/mol. The fraction of sp³-hybridized carbons (Fsp3) is 0.208. The fourth-order valence-electron chi connectivity index (χ4n) is 3.50. The van der Waals surface area contributed by atoms with E-state index in [0.717, 1.165) is 0 Å². The minimum absolute atomic E-state index is 0.253. The number of carbonyl (C=O) groups is 1. The van der Waals surface area contributed by atoms with Crippen molar-refractivity contribution < 1.29 is 28.5 Å². The first kappa shape index (κ1) is 23.3. The summed E-state index contributed by atoms with van der Waals surface area (Å²) in [6.45, 7) is -0.253. The van der Waals surface area contributed by atoms with Gasteiger partial charge in [0.2, 0.25) is 0 Å². The molecule has 0 unspecified atom stereocenters. The van der Waals surface area contributed by atoms with Gasteiger partial charge in [-0.1, -0.05) is 0 Å². The number of esters is 1. The number of nitrogens with one attached hydrogen (secondary N) is 2. The summed E-state index contributed by atoms with van der Waals surface area (Å²) in [5, 5.41) is 15.9. The Balaban J connectivity index is 1.78. The molecule has 0 aliphatic heterocycles. The van der Waals surface area contributed by atoms with Crippen molar-refractivity contribution in [3.63, 3.8) is 0 Å². The van der Waals surface area contributed by atoms with E-state index in [9.17, 15) is 10.1 Å². The summed E-state index contributed by atoms with van der Waals surface area (Å²) in [6, 6.07) is 12.7. The van der Waals surface area contributed by atoms with Crippen molar-refractivity contribution >= 4 is 23.1 Å². The summed E-state index contributed by atoms with van der Waals surface area (Å²) in [7, 11) is 5.91. The smallest absolute Gasteiger partial charge is 0.343 e. The van der Waals surface area contributed by atoms with Crippen LogP contribution < -0.4 is 24.3 Å². The van der Waals surface area contributed by atoms with Crippen LogP contribution in [0.25, 0.3) is 16.9 Å². The number of nitrogens with zero attached hydrogens (tertiary/aromatic N) is 3. The maximum atomic E-state index is 11.5. The summed E-state index contributed by atoms with van der Waals surface area (Å²) in [4.78, 5) is 16.2. The van der Waals surface area contributed by atoms with Crippen molar-refractivity contribution in [2.45, 2.75) is 0 Å². The van der Waals surface area contributed by atoms with E-state index in [0.29, 0.717) is 57.0 Å². The third-order valence-electron chi connectivity index (χ3n) is 5.23.